The van der Waals surface area contributed by atoms with Gasteiger partial charge in [-0.25, -0.2) is 4.79 Å². The number of nitrogens with one attached hydrogen (secondary N) is 1. The number of benzene rings is 1. The van der Waals surface area contributed by atoms with Crippen molar-refractivity contribution in [1.82, 2.24) is 14.6 Å². The molecule has 0 saturated carbocycles. The normalized spacial score (nSPS) is 17.4. The van der Waals surface area contributed by atoms with E-state index in [0.717, 1.165) is 31.4 Å². The summed E-state index contributed by atoms with van der Waals surface area (Å²) >= 11 is 5.89. The molecule has 1 aliphatic heterocycles. The third-order valence-electron chi connectivity index (χ3n) is 3.49. The van der Waals surface area contributed by atoms with Gasteiger partial charge in [0.1, 0.15) is 5.52 Å². The van der Waals surface area contributed by atoms with Gasteiger partial charge in [-0.15, -0.1) is 4.73 Å². The minimum atomic E-state index is -0.390. The van der Waals surface area contributed by atoms with Crippen molar-refractivity contribution in [3.63, 3.8) is 0 Å². The van der Waals surface area contributed by atoms with E-state index in [0.29, 0.717) is 15.3 Å². The summed E-state index contributed by atoms with van der Waals surface area (Å²) in [6, 6.07) is 5.26. The summed E-state index contributed by atoms with van der Waals surface area (Å²) in [6.45, 7) is 1.78. The lowest BCUT2D eigenvalue weighted by atomic mass is 10.1. The summed E-state index contributed by atoms with van der Waals surface area (Å²) < 4.78 is 2.36. The fourth-order valence-electron chi connectivity index (χ4n) is 2.60. The maximum absolute atomic E-state index is 12.1. The number of hydrogen-bond acceptors (Lipinski definition) is 3. The molecule has 1 aliphatic rings. The molecule has 5 nitrogen and oxygen atoms in total. The molecule has 1 fully saturated rings. The van der Waals surface area contributed by atoms with Crippen molar-refractivity contribution in [2.75, 3.05) is 13.1 Å². The highest BCUT2D eigenvalue weighted by Crippen LogP contribution is 2.24. The van der Waals surface area contributed by atoms with Crippen LogP contribution in [0.3, 0.4) is 0 Å². The number of aromatic nitrogens is 2. The van der Waals surface area contributed by atoms with Gasteiger partial charge in [0.05, 0.1) is 5.52 Å². The molecule has 0 radical (unpaired) electrons. The molecule has 1 aromatic heterocycles. The summed E-state index contributed by atoms with van der Waals surface area (Å²) in [5.74, 6) is 0. The van der Waals surface area contributed by atoms with E-state index in [4.69, 9.17) is 11.6 Å². The Balaban J connectivity index is 2.22. The Bertz CT molecular complexity index is 641. The zero-order valence-electron chi connectivity index (χ0n) is 9.77. The topological polar surface area (TPSA) is 59.2 Å². The first-order chi connectivity index (χ1) is 8.68. The van der Waals surface area contributed by atoms with Crippen LogP contribution >= 0.6 is 11.6 Å². The van der Waals surface area contributed by atoms with E-state index < -0.39 is 0 Å². The summed E-state index contributed by atoms with van der Waals surface area (Å²) in [7, 11) is 0. The Morgan fingerprint density at radius 3 is 2.72 bits per heavy atom. The van der Waals surface area contributed by atoms with Crippen LogP contribution < -0.4 is 11.0 Å². The minimum Gasteiger partial charge on any atom is -0.424 e. The third kappa shape index (κ3) is 1.71. The van der Waals surface area contributed by atoms with Gasteiger partial charge < -0.3 is 10.5 Å². The Morgan fingerprint density at radius 2 is 2.00 bits per heavy atom. The predicted octanol–water partition coefficient (Wildman–Crippen LogP) is 1.62. The van der Waals surface area contributed by atoms with E-state index in [2.05, 4.69) is 5.32 Å². The average Bonchev–Trinajstić information content (AvgIpc) is 2.64. The highest BCUT2D eigenvalue weighted by Gasteiger charge is 2.22. The fourth-order valence-corrected chi connectivity index (χ4v) is 2.76. The smallest absolute Gasteiger partial charge is 0.362 e. The summed E-state index contributed by atoms with van der Waals surface area (Å²) in [4.78, 5) is 12.1. The second kappa shape index (κ2) is 4.33. The Kier molecular flexibility index (Phi) is 2.80. The van der Waals surface area contributed by atoms with E-state index >= 15 is 0 Å². The molecule has 2 aromatic rings. The maximum atomic E-state index is 12.1. The van der Waals surface area contributed by atoms with Gasteiger partial charge in [0.15, 0.2) is 0 Å². The van der Waals surface area contributed by atoms with Gasteiger partial charge in [0, 0.05) is 11.1 Å². The zero-order chi connectivity index (χ0) is 12.7. The Morgan fingerprint density at radius 1 is 1.28 bits per heavy atom. The van der Waals surface area contributed by atoms with Crippen molar-refractivity contribution in [3.05, 3.63) is 33.7 Å². The number of halogens is 1. The standard InChI is InChI=1S/C12H14ClN3O2/c13-8-1-2-10-11(7-8)16(18)12(17)15(10)9-3-5-14-6-4-9/h1-2,7,9,14,18H,3-6H2. The molecule has 18 heavy (non-hydrogen) atoms. The SMILES string of the molecule is O=c1n(O)c2cc(Cl)ccc2n1C1CCNCC1. The van der Waals surface area contributed by atoms with E-state index in [-0.39, 0.29) is 11.7 Å². The first kappa shape index (κ1) is 11.6. The molecule has 3 rings (SSSR count). The molecule has 0 aliphatic carbocycles. The van der Waals surface area contributed by atoms with Gasteiger partial charge in [-0.1, -0.05) is 11.6 Å². The predicted molar refractivity (Wildman–Crippen MR) is 69.5 cm³/mol. The molecule has 2 heterocycles. The number of rotatable bonds is 1. The van der Waals surface area contributed by atoms with Crippen molar-refractivity contribution in [2.45, 2.75) is 18.9 Å². The van der Waals surface area contributed by atoms with Gasteiger partial charge in [-0.2, -0.15) is 0 Å². The lowest BCUT2D eigenvalue weighted by Gasteiger charge is -2.23. The molecule has 0 amide bonds. The summed E-state index contributed by atoms with van der Waals surface area (Å²) in [5, 5.41) is 13.6. The van der Waals surface area contributed by atoms with Crippen LogP contribution in [0, 0.1) is 0 Å². The molecular formula is C12H14ClN3O2. The molecule has 6 heteroatoms. The number of hydrogen-bond donors (Lipinski definition) is 2. The van der Waals surface area contributed by atoms with Crippen molar-refractivity contribution in [3.8, 4) is 0 Å². The molecule has 0 atom stereocenters. The van der Waals surface area contributed by atoms with Gasteiger partial charge >= 0.3 is 5.69 Å². The van der Waals surface area contributed by atoms with Crippen LogP contribution in [0.1, 0.15) is 18.9 Å². The van der Waals surface area contributed by atoms with Gasteiger partial charge in [0.25, 0.3) is 0 Å². The number of imidazole rings is 1. The van der Waals surface area contributed by atoms with Crippen molar-refractivity contribution in [1.29, 1.82) is 0 Å². The van der Waals surface area contributed by atoms with Crippen LogP contribution in [0.15, 0.2) is 23.0 Å². The van der Waals surface area contributed by atoms with Crippen molar-refractivity contribution < 1.29 is 5.21 Å². The highest BCUT2D eigenvalue weighted by molar-refractivity contribution is 6.31. The summed E-state index contributed by atoms with van der Waals surface area (Å²) in [5.41, 5.74) is 0.809. The lowest BCUT2D eigenvalue weighted by molar-refractivity contribution is 0.180. The van der Waals surface area contributed by atoms with Crippen LogP contribution in [-0.4, -0.2) is 27.6 Å². The van der Waals surface area contributed by atoms with Crippen LogP contribution in [0.25, 0.3) is 11.0 Å². The monoisotopic (exact) mass is 267 g/mol. The van der Waals surface area contributed by atoms with Gasteiger partial charge in [-0.3, -0.25) is 4.57 Å². The van der Waals surface area contributed by atoms with Crippen LogP contribution in [-0.2, 0) is 0 Å². The number of nitrogens with zero attached hydrogens (tertiary/aromatic N) is 2. The van der Waals surface area contributed by atoms with Crippen LogP contribution in [0.2, 0.25) is 5.02 Å². The van der Waals surface area contributed by atoms with Crippen molar-refractivity contribution >= 4 is 22.6 Å². The minimum absolute atomic E-state index is 0.135. The van der Waals surface area contributed by atoms with Crippen LogP contribution in [0.5, 0.6) is 0 Å². The molecule has 0 spiro atoms. The molecule has 2 N–H and O–H groups in total. The second-order valence-electron chi connectivity index (χ2n) is 4.58. The Labute approximate surface area is 109 Å². The molecule has 1 saturated heterocycles. The quantitative estimate of drug-likeness (QED) is 0.772. The third-order valence-corrected chi connectivity index (χ3v) is 3.72. The number of piperidine rings is 1. The van der Waals surface area contributed by atoms with Gasteiger partial charge in [0.2, 0.25) is 0 Å². The van der Waals surface area contributed by atoms with E-state index in [1.54, 1.807) is 22.8 Å². The molecule has 0 bridgehead atoms. The largest absolute Gasteiger partial charge is 0.424 e. The van der Waals surface area contributed by atoms with Gasteiger partial charge in [-0.05, 0) is 44.1 Å². The highest BCUT2D eigenvalue weighted by atomic mass is 35.5. The first-order valence-electron chi connectivity index (χ1n) is 6.01. The fraction of sp³-hybridized carbons (Fsp3) is 0.417. The lowest BCUT2D eigenvalue weighted by Crippen LogP contribution is -2.34. The van der Waals surface area contributed by atoms with E-state index in [1.165, 1.54) is 0 Å². The van der Waals surface area contributed by atoms with Crippen LogP contribution in [0.4, 0.5) is 0 Å². The maximum Gasteiger partial charge on any atom is 0.362 e. The second-order valence-corrected chi connectivity index (χ2v) is 5.02. The zero-order valence-corrected chi connectivity index (χ0v) is 10.5. The Hall–Kier alpha value is -1.46. The average molecular weight is 268 g/mol. The van der Waals surface area contributed by atoms with E-state index in [9.17, 15) is 10.0 Å². The van der Waals surface area contributed by atoms with Crippen molar-refractivity contribution in [2.24, 2.45) is 0 Å². The molecule has 0 unspecified atom stereocenters. The first-order valence-corrected chi connectivity index (χ1v) is 6.39. The molecule has 96 valence electrons. The van der Waals surface area contributed by atoms with E-state index in [1.807, 2.05) is 0 Å². The number of fused-ring (bicyclic) bond motifs is 1. The molecular weight excluding hydrogens is 254 g/mol. The molecule has 1 aromatic carbocycles. The summed E-state index contributed by atoms with van der Waals surface area (Å²) in [6.07, 6.45) is 1.78.